The summed E-state index contributed by atoms with van der Waals surface area (Å²) >= 11 is 0. The molecule has 0 heterocycles. The van der Waals surface area contributed by atoms with Crippen LogP contribution in [0, 0.1) is 11.8 Å². The Morgan fingerprint density at radius 3 is 1.41 bits per heavy atom. The first kappa shape index (κ1) is 16.8. The van der Waals surface area contributed by atoms with Crippen LogP contribution >= 0.6 is 0 Å². The van der Waals surface area contributed by atoms with Crippen molar-refractivity contribution in [1.29, 1.82) is 0 Å². The summed E-state index contributed by atoms with van der Waals surface area (Å²) in [6.07, 6.45) is 7.81. The van der Waals surface area contributed by atoms with Crippen LogP contribution in [-0.4, -0.2) is 0 Å². The average molecular weight is 294 g/mol. The number of hydrogen-bond donors (Lipinski definition) is 0. The molecule has 0 bridgehead atoms. The van der Waals surface area contributed by atoms with Crippen LogP contribution in [0.4, 0.5) is 0 Å². The van der Waals surface area contributed by atoms with E-state index in [0.29, 0.717) is 0 Å². The van der Waals surface area contributed by atoms with Crippen molar-refractivity contribution in [1.82, 2.24) is 0 Å². The Morgan fingerprint density at radius 2 is 1.05 bits per heavy atom. The summed E-state index contributed by atoms with van der Waals surface area (Å²) in [5, 5.41) is 0. The molecule has 118 valence electrons. The fourth-order valence-electron chi connectivity index (χ4n) is 3.24. The minimum absolute atomic E-state index is 0.798. The van der Waals surface area contributed by atoms with E-state index < -0.39 is 0 Å². The maximum Gasteiger partial charge on any atom is -0.0279 e. The molecule has 0 N–H and O–H groups in total. The molecule has 2 aromatic carbocycles. The second-order valence-corrected chi connectivity index (χ2v) is 6.76. The summed E-state index contributed by atoms with van der Waals surface area (Å²) in [5.74, 6) is 1.67. The van der Waals surface area contributed by atoms with Crippen LogP contribution < -0.4 is 0 Å². The van der Waals surface area contributed by atoms with Crippen molar-refractivity contribution in [2.45, 2.75) is 52.4 Å². The van der Waals surface area contributed by atoms with E-state index in [9.17, 15) is 0 Å². The van der Waals surface area contributed by atoms with Crippen molar-refractivity contribution < 1.29 is 0 Å². The van der Waals surface area contributed by atoms with Gasteiger partial charge in [0.15, 0.2) is 0 Å². The fourth-order valence-corrected chi connectivity index (χ4v) is 3.24. The van der Waals surface area contributed by atoms with Gasteiger partial charge in [0, 0.05) is 0 Å². The summed E-state index contributed by atoms with van der Waals surface area (Å²) < 4.78 is 0. The van der Waals surface area contributed by atoms with Crippen molar-refractivity contribution in [2.24, 2.45) is 11.8 Å². The van der Waals surface area contributed by atoms with Crippen LogP contribution in [0.1, 0.15) is 50.7 Å². The molecular formula is C22H30. The number of hydrogen-bond acceptors (Lipinski definition) is 0. The van der Waals surface area contributed by atoms with Gasteiger partial charge in [-0.3, -0.25) is 0 Å². The molecule has 0 spiro atoms. The Hall–Kier alpha value is -1.56. The van der Waals surface area contributed by atoms with Crippen LogP contribution in [-0.2, 0) is 12.8 Å². The standard InChI is InChI=1S/C22H30/c1-19(2)22(17-9-15-20-11-5-3-6-12-20)18-10-16-21-13-7-4-8-14-21/h3-8,11-14,19,22H,9-10,15-18H2,1-2H3. The predicted octanol–water partition coefficient (Wildman–Crippen LogP) is 6.30. The zero-order chi connectivity index (χ0) is 15.6. The number of rotatable bonds is 9. The first-order chi connectivity index (χ1) is 10.8. The number of benzene rings is 2. The Balaban J connectivity index is 1.70. The van der Waals surface area contributed by atoms with Gasteiger partial charge in [-0.25, -0.2) is 0 Å². The van der Waals surface area contributed by atoms with Gasteiger partial charge in [-0.1, -0.05) is 74.5 Å². The van der Waals surface area contributed by atoms with Gasteiger partial charge in [0.25, 0.3) is 0 Å². The van der Waals surface area contributed by atoms with Crippen LogP contribution in [0.25, 0.3) is 0 Å². The van der Waals surface area contributed by atoms with Crippen molar-refractivity contribution in [2.75, 3.05) is 0 Å². The molecule has 0 fully saturated rings. The summed E-state index contributed by atoms with van der Waals surface area (Å²) in [4.78, 5) is 0. The molecule has 0 aliphatic carbocycles. The molecule has 22 heavy (non-hydrogen) atoms. The lowest BCUT2D eigenvalue weighted by molar-refractivity contribution is 0.322. The molecule has 0 heteroatoms. The zero-order valence-corrected chi connectivity index (χ0v) is 14.2. The molecule has 0 amide bonds. The minimum Gasteiger partial charge on any atom is -0.0625 e. The van der Waals surface area contributed by atoms with E-state index in [1.54, 1.807) is 0 Å². The Morgan fingerprint density at radius 1 is 0.636 bits per heavy atom. The van der Waals surface area contributed by atoms with Crippen molar-refractivity contribution in [3.8, 4) is 0 Å². The monoisotopic (exact) mass is 294 g/mol. The van der Waals surface area contributed by atoms with E-state index in [4.69, 9.17) is 0 Å². The maximum atomic E-state index is 2.38. The van der Waals surface area contributed by atoms with Gasteiger partial charge in [0.1, 0.15) is 0 Å². The molecular weight excluding hydrogens is 264 g/mol. The molecule has 2 rings (SSSR count). The molecule has 2 aromatic rings. The van der Waals surface area contributed by atoms with E-state index in [1.165, 1.54) is 49.7 Å². The second kappa shape index (κ2) is 9.46. The van der Waals surface area contributed by atoms with E-state index in [0.717, 1.165) is 11.8 Å². The molecule has 0 unspecified atom stereocenters. The SMILES string of the molecule is CC(C)C(CCCc1ccccc1)CCCc1ccccc1. The number of aryl methyl sites for hydroxylation is 2. The third-order valence-corrected chi connectivity index (χ3v) is 4.71. The topological polar surface area (TPSA) is 0 Å². The highest BCUT2D eigenvalue weighted by Gasteiger charge is 2.12. The summed E-state index contributed by atoms with van der Waals surface area (Å²) in [6.45, 7) is 4.77. The van der Waals surface area contributed by atoms with Gasteiger partial charge in [0.05, 0.1) is 0 Å². The molecule has 0 saturated heterocycles. The minimum atomic E-state index is 0.798. The van der Waals surface area contributed by atoms with Gasteiger partial charge in [0.2, 0.25) is 0 Å². The van der Waals surface area contributed by atoms with Gasteiger partial charge in [-0.05, 0) is 61.5 Å². The highest BCUT2D eigenvalue weighted by Crippen LogP contribution is 2.24. The van der Waals surface area contributed by atoms with Crippen LogP contribution in [0.3, 0.4) is 0 Å². The third-order valence-electron chi connectivity index (χ3n) is 4.71. The third kappa shape index (κ3) is 6.05. The van der Waals surface area contributed by atoms with E-state index in [2.05, 4.69) is 74.5 Å². The zero-order valence-electron chi connectivity index (χ0n) is 14.2. The van der Waals surface area contributed by atoms with Gasteiger partial charge in [-0.15, -0.1) is 0 Å². The summed E-state index contributed by atoms with van der Waals surface area (Å²) in [5.41, 5.74) is 2.96. The summed E-state index contributed by atoms with van der Waals surface area (Å²) in [6, 6.07) is 21.8. The van der Waals surface area contributed by atoms with Crippen molar-refractivity contribution in [3.05, 3.63) is 71.8 Å². The lowest BCUT2D eigenvalue weighted by Crippen LogP contribution is -2.09. The van der Waals surface area contributed by atoms with Crippen LogP contribution in [0.5, 0.6) is 0 Å². The Bertz CT molecular complexity index is 453. The molecule has 0 aliphatic rings. The van der Waals surface area contributed by atoms with Gasteiger partial charge < -0.3 is 0 Å². The van der Waals surface area contributed by atoms with E-state index in [1.807, 2.05) is 0 Å². The Labute approximate surface area is 136 Å². The molecule has 0 aliphatic heterocycles. The van der Waals surface area contributed by atoms with Crippen LogP contribution in [0.15, 0.2) is 60.7 Å². The lowest BCUT2D eigenvalue weighted by atomic mass is 9.85. The molecule has 0 aromatic heterocycles. The first-order valence-corrected chi connectivity index (χ1v) is 8.83. The summed E-state index contributed by atoms with van der Waals surface area (Å²) in [7, 11) is 0. The highest BCUT2D eigenvalue weighted by molar-refractivity contribution is 5.15. The lowest BCUT2D eigenvalue weighted by Gasteiger charge is -2.21. The Kier molecular flexibility index (Phi) is 7.22. The normalized spacial score (nSPS) is 11.3. The smallest absolute Gasteiger partial charge is 0.0279 e. The second-order valence-electron chi connectivity index (χ2n) is 6.76. The maximum absolute atomic E-state index is 2.38. The molecule has 0 nitrogen and oxygen atoms in total. The predicted molar refractivity (Wildman–Crippen MR) is 97.1 cm³/mol. The van der Waals surface area contributed by atoms with Gasteiger partial charge >= 0.3 is 0 Å². The van der Waals surface area contributed by atoms with E-state index >= 15 is 0 Å². The highest BCUT2D eigenvalue weighted by atomic mass is 14.2. The van der Waals surface area contributed by atoms with E-state index in [-0.39, 0.29) is 0 Å². The van der Waals surface area contributed by atoms with Crippen LogP contribution in [0.2, 0.25) is 0 Å². The van der Waals surface area contributed by atoms with Crippen molar-refractivity contribution in [3.63, 3.8) is 0 Å². The largest absolute Gasteiger partial charge is 0.0625 e. The van der Waals surface area contributed by atoms with Gasteiger partial charge in [-0.2, -0.15) is 0 Å². The van der Waals surface area contributed by atoms with Crippen molar-refractivity contribution >= 4 is 0 Å². The molecule has 0 saturated carbocycles. The average Bonchev–Trinajstić information content (AvgIpc) is 2.55. The quantitative estimate of drug-likeness (QED) is 0.509. The fraction of sp³-hybridized carbons (Fsp3) is 0.455. The first-order valence-electron chi connectivity index (χ1n) is 8.83. The molecule has 0 atom stereocenters. The molecule has 0 radical (unpaired) electrons.